The third-order valence-electron chi connectivity index (χ3n) is 4.34. The maximum absolute atomic E-state index is 13.4. The van der Waals surface area contributed by atoms with Crippen molar-refractivity contribution in [1.82, 2.24) is 5.32 Å². The molecule has 2 aromatic carbocycles. The summed E-state index contributed by atoms with van der Waals surface area (Å²) < 4.78 is 26.5. The second-order valence-electron chi connectivity index (χ2n) is 6.25. The van der Waals surface area contributed by atoms with Crippen molar-refractivity contribution < 1.29 is 28.3 Å². The molecular formula is C19H16F2N2O4. The minimum atomic E-state index is -1.14. The van der Waals surface area contributed by atoms with Crippen molar-refractivity contribution in [2.24, 2.45) is 0 Å². The standard InChI is InChI=1S/C19H16F2N2O4/c20-11-3-1-10(2-4-11)15(9-18(25)26)23-19(27)14-8-17(24)22-16-7-12(21)5-6-13(14)16/h1-7,14-15H,8-9H2,(H,22,24)(H,23,27)(H,25,26)/t14-,15-/m0/s1. The van der Waals surface area contributed by atoms with Gasteiger partial charge in [0.25, 0.3) is 0 Å². The number of aliphatic carboxylic acids is 1. The molecule has 0 spiro atoms. The van der Waals surface area contributed by atoms with Crippen LogP contribution in [0.15, 0.2) is 42.5 Å². The molecule has 0 aliphatic carbocycles. The van der Waals surface area contributed by atoms with Gasteiger partial charge in [-0.25, -0.2) is 8.78 Å². The average molecular weight is 374 g/mol. The molecule has 0 saturated carbocycles. The van der Waals surface area contributed by atoms with Gasteiger partial charge in [-0.15, -0.1) is 0 Å². The minimum Gasteiger partial charge on any atom is -0.481 e. The monoisotopic (exact) mass is 374 g/mol. The fourth-order valence-electron chi connectivity index (χ4n) is 3.07. The van der Waals surface area contributed by atoms with Gasteiger partial charge in [-0.2, -0.15) is 0 Å². The molecular weight excluding hydrogens is 358 g/mol. The molecule has 0 saturated heterocycles. The number of carbonyl (C=O) groups is 3. The molecule has 2 amide bonds. The van der Waals surface area contributed by atoms with Crippen LogP contribution in [0.2, 0.25) is 0 Å². The number of carboxylic acid groups (broad SMARTS) is 1. The second kappa shape index (κ2) is 7.53. The molecule has 0 fully saturated rings. The third kappa shape index (κ3) is 4.28. The van der Waals surface area contributed by atoms with Crippen LogP contribution >= 0.6 is 0 Å². The fourth-order valence-corrected chi connectivity index (χ4v) is 3.07. The summed E-state index contributed by atoms with van der Waals surface area (Å²) in [6.45, 7) is 0. The predicted molar refractivity (Wildman–Crippen MR) is 91.9 cm³/mol. The number of halogens is 2. The molecule has 0 aromatic heterocycles. The largest absolute Gasteiger partial charge is 0.481 e. The van der Waals surface area contributed by atoms with Crippen LogP contribution in [0.4, 0.5) is 14.5 Å². The Morgan fingerprint density at radius 3 is 2.48 bits per heavy atom. The fraction of sp³-hybridized carbons (Fsp3) is 0.211. The van der Waals surface area contributed by atoms with Crippen LogP contribution in [-0.2, 0) is 14.4 Å². The summed E-state index contributed by atoms with van der Waals surface area (Å²) in [4.78, 5) is 35.8. The molecule has 3 N–H and O–H groups in total. The number of hydrogen-bond acceptors (Lipinski definition) is 3. The summed E-state index contributed by atoms with van der Waals surface area (Å²) in [5, 5.41) is 14.3. The number of fused-ring (bicyclic) bond motifs is 1. The van der Waals surface area contributed by atoms with Gasteiger partial charge in [0.15, 0.2) is 0 Å². The molecule has 2 aromatic rings. The molecule has 27 heavy (non-hydrogen) atoms. The Kier molecular flexibility index (Phi) is 5.16. The normalized spacial score (nSPS) is 16.8. The highest BCUT2D eigenvalue weighted by atomic mass is 19.1. The maximum atomic E-state index is 13.4. The first-order chi connectivity index (χ1) is 12.8. The summed E-state index contributed by atoms with van der Waals surface area (Å²) in [5.74, 6) is -4.07. The number of carbonyl (C=O) groups excluding carboxylic acids is 2. The molecule has 1 aliphatic heterocycles. The van der Waals surface area contributed by atoms with E-state index in [2.05, 4.69) is 10.6 Å². The van der Waals surface area contributed by atoms with Crippen LogP contribution in [0.5, 0.6) is 0 Å². The van der Waals surface area contributed by atoms with E-state index >= 15 is 0 Å². The summed E-state index contributed by atoms with van der Waals surface area (Å²) in [6.07, 6.45) is -0.555. The lowest BCUT2D eigenvalue weighted by Crippen LogP contribution is -2.37. The second-order valence-corrected chi connectivity index (χ2v) is 6.25. The van der Waals surface area contributed by atoms with Crippen LogP contribution < -0.4 is 10.6 Å². The Balaban J connectivity index is 1.86. The van der Waals surface area contributed by atoms with Crippen molar-refractivity contribution in [3.8, 4) is 0 Å². The van der Waals surface area contributed by atoms with Crippen LogP contribution in [0.25, 0.3) is 0 Å². The van der Waals surface area contributed by atoms with Gasteiger partial charge in [0.1, 0.15) is 11.6 Å². The average Bonchev–Trinajstić information content (AvgIpc) is 2.60. The number of amides is 2. The van der Waals surface area contributed by atoms with Gasteiger partial charge in [0, 0.05) is 12.1 Å². The van der Waals surface area contributed by atoms with Gasteiger partial charge in [0.2, 0.25) is 11.8 Å². The van der Waals surface area contributed by atoms with Crippen molar-refractivity contribution in [2.75, 3.05) is 5.32 Å². The van der Waals surface area contributed by atoms with Crippen LogP contribution in [0.3, 0.4) is 0 Å². The first-order valence-corrected chi connectivity index (χ1v) is 8.20. The van der Waals surface area contributed by atoms with Crippen molar-refractivity contribution >= 4 is 23.5 Å². The third-order valence-corrected chi connectivity index (χ3v) is 4.34. The lowest BCUT2D eigenvalue weighted by Gasteiger charge is -2.27. The minimum absolute atomic E-state index is 0.145. The number of carboxylic acids is 1. The smallest absolute Gasteiger partial charge is 0.305 e. The number of anilines is 1. The van der Waals surface area contributed by atoms with E-state index in [1.165, 1.54) is 36.4 Å². The number of rotatable bonds is 5. The maximum Gasteiger partial charge on any atom is 0.305 e. The summed E-state index contributed by atoms with van der Waals surface area (Å²) in [5.41, 5.74) is 1.08. The number of benzene rings is 2. The van der Waals surface area contributed by atoms with Gasteiger partial charge < -0.3 is 15.7 Å². The van der Waals surface area contributed by atoms with Crippen LogP contribution in [-0.4, -0.2) is 22.9 Å². The van der Waals surface area contributed by atoms with Crippen molar-refractivity contribution in [1.29, 1.82) is 0 Å². The lowest BCUT2D eigenvalue weighted by atomic mass is 9.89. The molecule has 0 bridgehead atoms. The van der Waals surface area contributed by atoms with Crippen molar-refractivity contribution in [2.45, 2.75) is 24.8 Å². The van der Waals surface area contributed by atoms with Gasteiger partial charge in [-0.05, 0) is 35.4 Å². The molecule has 2 atom stereocenters. The molecule has 3 rings (SSSR count). The SMILES string of the molecule is O=C(O)C[C@H](NC(=O)[C@H]1CC(=O)Nc2cc(F)ccc21)c1ccc(F)cc1. The zero-order valence-corrected chi connectivity index (χ0v) is 14.0. The summed E-state index contributed by atoms with van der Waals surface area (Å²) in [7, 11) is 0. The van der Waals surface area contributed by atoms with Gasteiger partial charge in [-0.1, -0.05) is 18.2 Å². The Morgan fingerprint density at radius 2 is 1.81 bits per heavy atom. The Hall–Kier alpha value is -3.29. The zero-order chi connectivity index (χ0) is 19.6. The Bertz CT molecular complexity index is 899. The molecule has 140 valence electrons. The van der Waals surface area contributed by atoms with Crippen molar-refractivity contribution in [3.63, 3.8) is 0 Å². The molecule has 6 nitrogen and oxygen atoms in total. The molecule has 1 aliphatic rings. The first kappa shape index (κ1) is 18.5. The number of nitrogens with one attached hydrogen (secondary N) is 2. The molecule has 8 heteroatoms. The van der Waals surface area contributed by atoms with E-state index in [4.69, 9.17) is 5.11 Å². The van der Waals surface area contributed by atoms with Crippen LogP contribution in [0.1, 0.15) is 35.9 Å². The first-order valence-electron chi connectivity index (χ1n) is 8.20. The predicted octanol–water partition coefficient (Wildman–Crippen LogP) is 2.72. The topological polar surface area (TPSA) is 95.5 Å². The van der Waals surface area contributed by atoms with Gasteiger partial charge in [0.05, 0.1) is 18.4 Å². The Morgan fingerprint density at radius 1 is 1.15 bits per heavy atom. The van der Waals surface area contributed by atoms with E-state index in [1.54, 1.807) is 0 Å². The zero-order valence-electron chi connectivity index (χ0n) is 14.0. The molecule has 0 radical (unpaired) electrons. The van der Waals surface area contributed by atoms with E-state index < -0.39 is 47.8 Å². The molecule has 0 unspecified atom stereocenters. The van der Waals surface area contributed by atoms with E-state index in [9.17, 15) is 23.2 Å². The van der Waals surface area contributed by atoms with Crippen LogP contribution in [0, 0.1) is 11.6 Å². The highest BCUT2D eigenvalue weighted by Crippen LogP contribution is 2.33. The molecule has 1 heterocycles. The summed E-state index contributed by atoms with van der Waals surface area (Å²) in [6, 6.07) is 7.94. The van der Waals surface area contributed by atoms with Gasteiger partial charge >= 0.3 is 5.97 Å². The lowest BCUT2D eigenvalue weighted by molar-refractivity contribution is -0.138. The number of hydrogen-bond donors (Lipinski definition) is 3. The van der Waals surface area contributed by atoms with Crippen molar-refractivity contribution in [3.05, 3.63) is 65.2 Å². The van der Waals surface area contributed by atoms with E-state index in [-0.39, 0.29) is 12.1 Å². The van der Waals surface area contributed by atoms with E-state index in [0.29, 0.717) is 11.1 Å². The Labute approximate surface area is 153 Å². The van der Waals surface area contributed by atoms with E-state index in [0.717, 1.165) is 6.07 Å². The van der Waals surface area contributed by atoms with Gasteiger partial charge in [-0.3, -0.25) is 14.4 Å². The highest BCUT2D eigenvalue weighted by Gasteiger charge is 2.32. The quantitative estimate of drug-likeness (QED) is 0.750. The highest BCUT2D eigenvalue weighted by molar-refractivity contribution is 6.01. The van der Waals surface area contributed by atoms with E-state index in [1.807, 2.05) is 0 Å². The summed E-state index contributed by atoms with van der Waals surface area (Å²) >= 11 is 0.